The Morgan fingerprint density at radius 3 is 1.93 bits per heavy atom. The van der Waals surface area contributed by atoms with Crippen molar-refractivity contribution >= 4 is 5.97 Å². The van der Waals surface area contributed by atoms with Gasteiger partial charge in [-0.05, 0) is 32.9 Å². The van der Waals surface area contributed by atoms with E-state index in [1.807, 2.05) is 6.92 Å². The Labute approximate surface area is 87.1 Å². The van der Waals surface area contributed by atoms with E-state index >= 15 is 0 Å². The molecule has 2 unspecified atom stereocenters. The number of carbonyl (C=O) groups is 1. The molecule has 0 saturated heterocycles. The SMILES string of the molecule is CCCN(CCC)C(C)C(C)C(=O)O. The highest BCUT2D eigenvalue weighted by Gasteiger charge is 2.23. The van der Waals surface area contributed by atoms with Crippen molar-refractivity contribution in [1.29, 1.82) is 0 Å². The second-order valence-corrected chi connectivity index (χ2v) is 3.90. The van der Waals surface area contributed by atoms with Gasteiger partial charge in [-0.15, -0.1) is 0 Å². The largest absolute Gasteiger partial charge is 0.481 e. The lowest BCUT2D eigenvalue weighted by atomic mass is 10.0. The molecule has 0 amide bonds. The summed E-state index contributed by atoms with van der Waals surface area (Å²) in [5.74, 6) is -0.984. The van der Waals surface area contributed by atoms with Crippen molar-refractivity contribution in [3.8, 4) is 0 Å². The lowest BCUT2D eigenvalue weighted by Gasteiger charge is -2.30. The summed E-state index contributed by atoms with van der Waals surface area (Å²) in [5, 5.41) is 8.91. The highest BCUT2D eigenvalue weighted by Crippen LogP contribution is 2.12. The number of hydrogen-bond donors (Lipinski definition) is 1. The predicted octanol–water partition coefficient (Wildman–Crippen LogP) is 2.22. The number of hydrogen-bond acceptors (Lipinski definition) is 2. The molecule has 0 aliphatic carbocycles. The zero-order valence-electron chi connectivity index (χ0n) is 9.79. The zero-order valence-corrected chi connectivity index (χ0v) is 9.79. The third kappa shape index (κ3) is 4.09. The van der Waals surface area contributed by atoms with Crippen molar-refractivity contribution in [2.24, 2.45) is 5.92 Å². The molecular formula is C11H23NO2. The van der Waals surface area contributed by atoms with Crippen LogP contribution in [0.15, 0.2) is 0 Å². The summed E-state index contributed by atoms with van der Waals surface area (Å²) >= 11 is 0. The molecular weight excluding hydrogens is 178 g/mol. The summed E-state index contributed by atoms with van der Waals surface area (Å²) in [7, 11) is 0. The molecule has 3 heteroatoms. The first-order valence-corrected chi connectivity index (χ1v) is 5.51. The summed E-state index contributed by atoms with van der Waals surface area (Å²) < 4.78 is 0. The zero-order chi connectivity index (χ0) is 11.1. The van der Waals surface area contributed by atoms with Gasteiger partial charge in [-0.3, -0.25) is 9.69 Å². The number of aliphatic carboxylic acids is 1. The number of nitrogens with zero attached hydrogens (tertiary/aromatic N) is 1. The fraction of sp³-hybridized carbons (Fsp3) is 0.909. The van der Waals surface area contributed by atoms with Crippen LogP contribution in [0.25, 0.3) is 0 Å². The molecule has 0 aromatic heterocycles. The average molecular weight is 201 g/mol. The van der Waals surface area contributed by atoms with Crippen LogP contribution >= 0.6 is 0 Å². The van der Waals surface area contributed by atoms with Crippen LogP contribution in [0.3, 0.4) is 0 Å². The molecule has 0 saturated carbocycles. The highest BCUT2D eigenvalue weighted by atomic mass is 16.4. The minimum atomic E-state index is -0.699. The van der Waals surface area contributed by atoms with Gasteiger partial charge in [-0.1, -0.05) is 20.8 Å². The van der Waals surface area contributed by atoms with E-state index in [2.05, 4.69) is 18.7 Å². The quantitative estimate of drug-likeness (QED) is 0.686. The van der Waals surface area contributed by atoms with Gasteiger partial charge >= 0.3 is 5.97 Å². The molecule has 0 rings (SSSR count). The average Bonchev–Trinajstić information content (AvgIpc) is 2.15. The molecule has 0 aliphatic heterocycles. The number of rotatable bonds is 7. The smallest absolute Gasteiger partial charge is 0.307 e. The fourth-order valence-corrected chi connectivity index (χ4v) is 1.62. The van der Waals surface area contributed by atoms with Crippen molar-refractivity contribution in [1.82, 2.24) is 4.90 Å². The van der Waals surface area contributed by atoms with Crippen LogP contribution in [0, 0.1) is 5.92 Å². The molecule has 14 heavy (non-hydrogen) atoms. The Hall–Kier alpha value is -0.570. The summed E-state index contributed by atoms with van der Waals surface area (Å²) in [6, 6.07) is 0.132. The van der Waals surface area contributed by atoms with Crippen LogP contribution in [0.4, 0.5) is 0 Å². The maximum Gasteiger partial charge on any atom is 0.307 e. The van der Waals surface area contributed by atoms with Crippen molar-refractivity contribution in [3.05, 3.63) is 0 Å². The monoisotopic (exact) mass is 201 g/mol. The molecule has 3 nitrogen and oxygen atoms in total. The van der Waals surface area contributed by atoms with Gasteiger partial charge in [0.05, 0.1) is 5.92 Å². The first-order chi connectivity index (χ1) is 6.54. The van der Waals surface area contributed by atoms with Gasteiger partial charge in [-0.2, -0.15) is 0 Å². The van der Waals surface area contributed by atoms with E-state index in [1.165, 1.54) is 0 Å². The molecule has 0 aromatic carbocycles. The van der Waals surface area contributed by atoms with E-state index in [4.69, 9.17) is 5.11 Å². The van der Waals surface area contributed by atoms with Crippen LogP contribution in [0.5, 0.6) is 0 Å². The molecule has 84 valence electrons. The number of carboxylic acids is 1. The third-order valence-electron chi connectivity index (χ3n) is 2.71. The van der Waals surface area contributed by atoms with Crippen LogP contribution in [-0.2, 0) is 4.79 Å². The highest BCUT2D eigenvalue weighted by molar-refractivity contribution is 5.70. The maximum absolute atomic E-state index is 10.8. The van der Waals surface area contributed by atoms with Gasteiger partial charge in [0.25, 0.3) is 0 Å². The molecule has 0 heterocycles. The van der Waals surface area contributed by atoms with E-state index in [9.17, 15) is 4.79 Å². The summed E-state index contributed by atoms with van der Waals surface area (Å²) in [6.45, 7) is 10.0. The Kier molecular flexibility index (Phi) is 6.54. The minimum absolute atomic E-state index is 0.132. The van der Waals surface area contributed by atoms with Crippen molar-refractivity contribution in [2.75, 3.05) is 13.1 Å². The fourth-order valence-electron chi connectivity index (χ4n) is 1.62. The molecule has 0 bridgehead atoms. The Bertz CT molecular complexity index is 165. The van der Waals surface area contributed by atoms with E-state index in [0.29, 0.717) is 0 Å². The molecule has 0 fully saturated rings. The van der Waals surface area contributed by atoms with E-state index in [1.54, 1.807) is 6.92 Å². The summed E-state index contributed by atoms with van der Waals surface area (Å²) in [4.78, 5) is 13.1. The van der Waals surface area contributed by atoms with Crippen LogP contribution in [0.1, 0.15) is 40.5 Å². The molecule has 0 radical (unpaired) electrons. The minimum Gasteiger partial charge on any atom is -0.481 e. The second-order valence-electron chi connectivity index (χ2n) is 3.90. The standard InChI is InChI=1S/C11H23NO2/c1-5-7-12(8-6-2)10(4)9(3)11(13)14/h9-10H,5-8H2,1-4H3,(H,13,14). The summed E-state index contributed by atoms with van der Waals surface area (Å²) in [6.07, 6.45) is 2.16. The van der Waals surface area contributed by atoms with Crippen molar-refractivity contribution < 1.29 is 9.90 Å². The van der Waals surface area contributed by atoms with Gasteiger partial charge in [0.2, 0.25) is 0 Å². The predicted molar refractivity (Wildman–Crippen MR) is 58.4 cm³/mol. The van der Waals surface area contributed by atoms with Gasteiger partial charge in [-0.25, -0.2) is 0 Å². The van der Waals surface area contributed by atoms with Crippen LogP contribution < -0.4 is 0 Å². The van der Waals surface area contributed by atoms with Crippen molar-refractivity contribution in [3.63, 3.8) is 0 Å². The van der Waals surface area contributed by atoms with E-state index in [0.717, 1.165) is 25.9 Å². The third-order valence-corrected chi connectivity index (χ3v) is 2.71. The van der Waals surface area contributed by atoms with Crippen LogP contribution in [0.2, 0.25) is 0 Å². The number of carboxylic acid groups (broad SMARTS) is 1. The van der Waals surface area contributed by atoms with Crippen LogP contribution in [-0.4, -0.2) is 35.1 Å². The Balaban J connectivity index is 4.25. The van der Waals surface area contributed by atoms with Gasteiger partial charge < -0.3 is 5.11 Å². The van der Waals surface area contributed by atoms with E-state index < -0.39 is 5.97 Å². The second kappa shape index (κ2) is 6.82. The van der Waals surface area contributed by atoms with Gasteiger partial charge in [0.15, 0.2) is 0 Å². The van der Waals surface area contributed by atoms with Crippen molar-refractivity contribution in [2.45, 2.75) is 46.6 Å². The Morgan fingerprint density at radius 2 is 1.64 bits per heavy atom. The lowest BCUT2D eigenvalue weighted by Crippen LogP contribution is -2.41. The normalized spacial score (nSPS) is 15.5. The maximum atomic E-state index is 10.8. The molecule has 2 atom stereocenters. The first kappa shape index (κ1) is 13.4. The summed E-state index contributed by atoms with van der Waals surface area (Å²) in [5.41, 5.74) is 0. The molecule has 0 aliphatic rings. The topological polar surface area (TPSA) is 40.5 Å². The van der Waals surface area contributed by atoms with Gasteiger partial charge in [0.1, 0.15) is 0 Å². The van der Waals surface area contributed by atoms with E-state index in [-0.39, 0.29) is 12.0 Å². The molecule has 0 aromatic rings. The Morgan fingerprint density at radius 1 is 1.21 bits per heavy atom. The first-order valence-electron chi connectivity index (χ1n) is 5.51. The lowest BCUT2D eigenvalue weighted by molar-refractivity contribution is -0.143. The molecule has 1 N–H and O–H groups in total. The molecule has 0 spiro atoms. The van der Waals surface area contributed by atoms with Gasteiger partial charge in [0, 0.05) is 6.04 Å².